The molecule has 5 nitrogen and oxygen atoms in total. The molecule has 118 valence electrons. The molecule has 22 heavy (non-hydrogen) atoms. The van der Waals surface area contributed by atoms with Gasteiger partial charge in [0.25, 0.3) is 0 Å². The molecule has 1 saturated heterocycles. The number of benzene rings is 1. The van der Waals surface area contributed by atoms with Gasteiger partial charge in [-0.15, -0.1) is 6.58 Å². The quantitative estimate of drug-likeness (QED) is 0.840. The summed E-state index contributed by atoms with van der Waals surface area (Å²) in [5, 5.41) is 18.8. The lowest BCUT2D eigenvalue weighted by Crippen LogP contribution is -2.47. The standard InChI is InChI=1S/C16H20N2O3S/c1-2-8-16(13-19)9-5-10-18(12-16)22(20,21)15-7-4-3-6-14(15)11-17/h2-4,6-7,19H,1,5,8-10,12-13H2/t16-/m1/s1. The number of rotatable bonds is 5. The van der Waals surface area contributed by atoms with Crippen LogP contribution in [0.4, 0.5) is 0 Å². The van der Waals surface area contributed by atoms with E-state index in [1.807, 2.05) is 6.07 Å². The number of nitriles is 1. The number of allylic oxidation sites excluding steroid dienone is 1. The first-order valence-electron chi connectivity index (χ1n) is 7.20. The first-order chi connectivity index (χ1) is 10.5. The van der Waals surface area contributed by atoms with Crippen molar-refractivity contribution >= 4 is 10.0 Å². The summed E-state index contributed by atoms with van der Waals surface area (Å²) in [6, 6.07) is 8.14. The van der Waals surface area contributed by atoms with Crippen molar-refractivity contribution in [3.05, 3.63) is 42.5 Å². The summed E-state index contributed by atoms with van der Waals surface area (Å²) in [5.41, 5.74) is -0.333. The highest BCUT2D eigenvalue weighted by molar-refractivity contribution is 7.89. The van der Waals surface area contributed by atoms with Gasteiger partial charge < -0.3 is 5.11 Å². The van der Waals surface area contributed by atoms with Crippen LogP contribution < -0.4 is 0 Å². The molecule has 0 radical (unpaired) electrons. The normalized spacial score (nSPS) is 22.9. The van der Waals surface area contributed by atoms with Gasteiger partial charge in [-0.05, 0) is 31.4 Å². The van der Waals surface area contributed by atoms with Crippen LogP contribution >= 0.6 is 0 Å². The summed E-state index contributed by atoms with van der Waals surface area (Å²) in [6.07, 6.45) is 3.73. The minimum Gasteiger partial charge on any atom is -0.396 e. The predicted octanol–water partition coefficient (Wildman–Crippen LogP) is 1.90. The smallest absolute Gasteiger partial charge is 0.244 e. The first kappa shape index (κ1) is 16.7. The molecular formula is C16H20N2O3S. The summed E-state index contributed by atoms with van der Waals surface area (Å²) >= 11 is 0. The Morgan fingerprint density at radius 1 is 1.45 bits per heavy atom. The zero-order valence-electron chi connectivity index (χ0n) is 12.4. The van der Waals surface area contributed by atoms with E-state index in [2.05, 4.69) is 6.58 Å². The summed E-state index contributed by atoms with van der Waals surface area (Å²) in [6.45, 7) is 4.27. The average molecular weight is 320 g/mol. The van der Waals surface area contributed by atoms with Crippen molar-refractivity contribution < 1.29 is 13.5 Å². The Morgan fingerprint density at radius 2 is 2.18 bits per heavy atom. The molecule has 1 N–H and O–H groups in total. The molecular weight excluding hydrogens is 300 g/mol. The highest BCUT2D eigenvalue weighted by Gasteiger charge is 2.39. The van der Waals surface area contributed by atoms with Gasteiger partial charge in [-0.25, -0.2) is 8.42 Å². The first-order valence-corrected chi connectivity index (χ1v) is 8.64. The van der Waals surface area contributed by atoms with Gasteiger partial charge in [0.05, 0.1) is 17.1 Å². The molecule has 0 aliphatic carbocycles. The van der Waals surface area contributed by atoms with Crippen molar-refractivity contribution in [3.63, 3.8) is 0 Å². The van der Waals surface area contributed by atoms with E-state index < -0.39 is 15.4 Å². The third-order valence-corrected chi connectivity index (χ3v) is 6.07. The molecule has 1 aromatic carbocycles. The summed E-state index contributed by atoms with van der Waals surface area (Å²) in [4.78, 5) is 0.0323. The minimum atomic E-state index is -3.74. The van der Waals surface area contributed by atoms with Crippen LogP contribution in [0.1, 0.15) is 24.8 Å². The number of piperidine rings is 1. The second-order valence-corrected chi connectivity index (χ2v) is 7.61. The molecule has 0 saturated carbocycles. The maximum atomic E-state index is 12.8. The lowest BCUT2D eigenvalue weighted by Gasteiger charge is -2.40. The van der Waals surface area contributed by atoms with E-state index in [0.29, 0.717) is 19.4 Å². The molecule has 0 bridgehead atoms. The molecule has 1 aliphatic heterocycles. The van der Waals surface area contributed by atoms with E-state index in [-0.39, 0.29) is 23.6 Å². The summed E-state index contributed by atoms with van der Waals surface area (Å²) < 4.78 is 27.1. The van der Waals surface area contributed by atoms with Crippen molar-refractivity contribution in [3.8, 4) is 6.07 Å². The summed E-state index contributed by atoms with van der Waals surface area (Å²) in [5.74, 6) is 0. The van der Waals surface area contributed by atoms with Crippen LogP contribution in [-0.2, 0) is 10.0 Å². The van der Waals surface area contributed by atoms with Crippen molar-refractivity contribution in [1.82, 2.24) is 4.31 Å². The molecule has 2 rings (SSSR count). The second kappa shape index (κ2) is 6.61. The maximum absolute atomic E-state index is 12.8. The number of hydrogen-bond acceptors (Lipinski definition) is 4. The topological polar surface area (TPSA) is 81.4 Å². The molecule has 6 heteroatoms. The Bertz CT molecular complexity index is 694. The van der Waals surface area contributed by atoms with E-state index in [4.69, 9.17) is 5.26 Å². The Hall–Kier alpha value is -1.68. The van der Waals surface area contributed by atoms with Gasteiger partial charge >= 0.3 is 0 Å². The predicted molar refractivity (Wildman–Crippen MR) is 83.5 cm³/mol. The van der Waals surface area contributed by atoms with Crippen molar-refractivity contribution in [1.29, 1.82) is 5.26 Å². The van der Waals surface area contributed by atoms with Crippen LogP contribution in [0.3, 0.4) is 0 Å². The molecule has 1 aliphatic rings. The van der Waals surface area contributed by atoms with Crippen LogP contribution in [-0.4, -0.2) is 37.5 Å². The van der Waals surface area contributed by atoms with Gasteiger partial charge in [0.2, 0.25) is 10.0 Å². The van der Waals surface area contributed by atoms with Crippen LogP contribution in [0.15, 0.2) is 41.8 Å². The average Bonchev–Trinajstić information content (AvgIpc) is 2.55. The van der Waals surface area contributed by atoms with E-state index in [1.165, 1.54) is 16.4 Å². The third kappa shape index (κ3) is 3.07. The fourth-order valence-corrected chi connectivity index (χ4v) is 4.69. The van der Waals surface area contributed by atoms with Crippen molar-refractivity contribution in [2.75, 3.05) is 19.7 Å². The van der Waals surface area contributed by atoms with Gasteiger partial charge in [0.1, 0.15) is 6.07 Å². The SMILES string of the molecule is C=CC[C@@]1(CO)CCCN(S(=O)(=O)c2ccccc2C#N)C1. The zero-order chi connectivity index (χ0) is 16.2. The largest absolute Gasteiger partial charge is 0.396 e. The molecule has 0 unspecified atom stereocenters. The molecule has 0 amide bonds. The fraction of sp³-hybridized carbons (Fsp3) is 0.438. The molecule has 0 spiro atoms. The minimum absolute atomic E-state index is 0.0323. The highest BCUT2D eigenvalue weighted by Crippen LogP contribution is 2.36. The van der Waals surface area contributed by atoms with Crippen molar-refractivity contribution in [2.45, 2.75) is 24.2 Å². The molecule has 1 fully saturated rings. The van der Waals surface area contributed by atoms with E-state index in [0.717, 1.165) is 6.42 Å². The van der Waals surface area contributed by atoms with E-state index in [1.54, 1.807) is 18.2 Å². The maximum Gasteiger partial charge on any atom is 0.244 e. The Labute approximate surface area is 131 Å². The second-order valence-electron chi connectivity index (χ2n) is 5.70. The fourth-order valence-electron chi connectivity index (χ4n) is 2.96. The Balaban J connectivity index is 2.37. The number of hydrogen-bond donors (Lipinski definition) is 1. The van der Waals surface area contributed by atoms with Gasteiger partial charge in [-0.2, -0.15) is 9.57 Å². The Kier molecular flexibility index (Phi) is 5.01. The third-order valence-electron chi connectivity index (χ3n) is 4.16. The van der Waals surface area contributed by atoms with Crippen molar-refractivity contribution in [2.24, 2.45) is 5.41 Å². The van der Waals surface area contributed by atoms with E-state index >= 15 is 0 Å². The monoisotopic (exact) mass is 320 g/mol. The van der Waals surface area contributed by atoms with Gasteiger partial charge in [0.15, 0.2) is 0 Å². The Morgan fingerprint density at radius 3 is 2.82 bits per heavy atom. The summed E-state index contributed by atoms with van der Waals surface area (Å²) in [7, 11) is -3.74. The van der Waals surface area contributed by atoms with Crippen LogP contribution in [0.2, 0.25) is 0 Å². The van der Waals surface area contributed by atoms with Crippen LogP contribution in [0.25, 0.3) is 0 Å². The highest BCUT2D eigenvalue weighted by atomic mass is 32.2. The lowest BCUT2D eigenvalue weighted by atomic mass is 9.79. The zero-order valence-corrected chi connectivity index (χ0v) is 13.2. The van der Waals surface area contributed by atoms with Gasteiger partial charge in [-0.1, -0.05) is 18.2 Å². The molecule has 1 aromatic rings. The number of sulfonamides is 1. The molecule has 0 aromatic heterocycles. The number of aliphatic hydroxyl groups is 1. The van der Waals surface area contributed by atoms with Crippen LogP contribution in [0.5, 0.6) is 0 Å². The van der Waals surface area contributed by atoms with Crippen LogP contribution in [0, 0.1) is 16.7 Å². The molecule has 1 heterocycles. The number of aliphatic hydroxyl groups excluding tert-OH is 1. The number of nitrogens with zero attached hydrogens (tertiary/aromatic N) is 2. The van der Waals surface area contributed by atoms with E-state index in [9.17, 15) is 13.5 Å². The molecule has 1 atom stereocenters. The lowest BCUT2D eigenvalue weighted by molar-refractivity contribution is 0.0669. The van der Waals surface area contributed by atoms with Gasteiger partial charge in [0, 0.05) is 18.5 Å². The van der Waals surface area contributed by atoms with Gasteiger partial charge in [-0.3, -0.25) is 0 Å².